The number of nitrogens with two attached hydrogens (primary N) is 1. The first kappa shape index (κ1) is 9.54. The Bertz CT molecular complexity index is 348. The van der Waals surface area contributed by atoms with Crippen LogP contribution in [0.4, 0.5) is 0 Å². The van der Waals surface area contributed by atoms with E-state index in [9.17, 15) is 5.11 Å². The van der Waals surface area contributed by atoms with Gasteiger partial charge in [0.1, 0.15) is 11.6 Å². The van der Waals surface area contributed by atoms with E-state index in [2.05, 4.69) is 0 Å². The largest absolute Gasteiger partial charge is 0.508 e. The molecule has 0 unspecified atom stereocenters. The van der Waals surface area contributed by atoms with Crippen molar-refractivity contribution < 1.29 is 10.2 Å². The molecule has 0 aliphatic heterocycles. The molecule has 0 radical (unpaired) electrons. The van der Waals surface area contributed by atoms with E-state index in [4.69, 9.17) is 16.2 Å². The number of hydrogen-bond donors (Lipinski definition) is 4. The predicted octanol–water partition coefficient (Wildman–Crippen LogP) is 0.477. The molecule has 0 aliphatic rings. The second-order valence-corrected chi connectivity index (χ2v) is 2.81. The van der Waals surface area contributed by atoms with Crippen molar-refractivity contribution in [3.05, 3.63) is 28.8 Å². The zero-order valence-corrected chi connectivity index (χ0v) is 7.33. The number of phenols is 1. The molecule has 0 saturated carbocycles. The van der Waals surface area contributed by atoms with E-state index in [1.165, 1.54) is 6.07 Å². The summed E-state index contributed by atoms with van der Waals surface area (Å²) in [5, 5.41) is 25.5. The minimum absolute atomic E-state index is 0.0324. The molecule has 0 amide bonds. The lowest BCUT2D eigenvalue weighted by Crippen LogP contribution is -2.13. The number of amidine groups is 1. The molecule has 1 aromatic carbocycles. The van der Waals surface area contributed by atoms with Crippen LogP contribution in [0.25, 0.3) is 0 Å². The molecule has 4 heteroatoms. The molecular weight excluding hydrogens is 168 g/mol. The van der Waals surface area contributed by atoms with Crippen LogP contribution in [0.3, 0.4) is 0 Å². The van der Waals surface area contributed by atoms with Crippen LogP contribution in [0, 0.1) is 12.3 Å². The highest BCUT2D eigenvalue weighted by atomic mass is 16.3. The van der Waals surface area contributed by atoms with Crippen LogP contribution >= 0.6 is 0 Å². The van der Waals surface area contributed by atoms with Gasteiger partial charge in [0.15, 0.2) is 0 Å². The Hall–Kier alpha value is -1.55. The fourth-order valence-electron chi connectivity index (χ4n) is 1.23. The summed E-state index contributed by atoms with van der Waals surface area (Å²) in [7, 11) is 0. The Balaban J connectivity index is 3.35. The van der Waals surface area contributed by atoms with Crippen LogP contribution in [0.5, 0.6) is 5.75 Å². The van der Waals surface area contributed by atoms with E-state index >= 15 is 0 Å². The fraction of sp³-hybridized carbons (Fsp3) is 0.222. The zero-order chi connectivity index (χ0) is 10.0. The summed E-state index contributed by atoms with van der Waals surface area (Å²) < 4.78 is 0. The van der Waals surface area contributed by atoms with Gasteiger partial charge in [0.25, 0.3) is 0 Å². The van der Waals surface area contributed by atoms with Crippen molar-refractivity contribution in [2.75, 3.05) is 0 Å². The molecule has 0 aromatic heterocycles. The van der Waals surface area contributed by atoms with Gasteiger partial charge in [0, 0.05) is 11.1 Å². The standard InChI is InChI=1S/C9H12N2O2/c1-5-6(9(10)11)2-3-8(13)7(5)4-12/h2-3,12-13H,4H2,1H3,(H3,10,11). The quantitative estimate of drug-likeness (QED) is 0.394. The summed E-state index contributed by atoms with van der Waals surface area (Å²) >= 11 is 0. The summed E-state index contributed by atoms with van der Waals surface area (Å²) in [5.74, 6) is -0.0304. The van der Waals surface area contributed by atoms with E-state index in [-0.39, 0.29) is 18.2 Å². The van der Waals surface area contributed by atoms with Gasteiger partial charge < -0.3 is 15.9 Å². The van der Waals surface area contributed by atoms with Gasteiger partial charge >= 0.3 is 0 Å². The first-order valence-electron chi connectivity index (χ1n) is 3.84. The summed E-state index contributed by atoms with van der Waals surface area (Å²) in [5.41, 5.74) is 6.92. The first-order valence-corrected chi connectivity index (χ1v) is 3.84. The summed E-state index contributed by atoms with van der Waals surface area (Å²) in [6.45, 7) is 1.46. The molecular formula is C9H12N2O2. The number of aliphatic hydroxyl groups is 1. The van der Waals surface area contributed by atoms with Crippen molar-refractivity contribution in [1.29, 1.82) is 5.41 Å². The summed E-state index contributed by atoms with van der Waals surface area (Å²) in [4.78, 5) is 0. The van der Waals surface area contributed by atoms with E-state index in [0.29, 0.717) is 16.7 Å². The van der Waals surface area contributed by atoms with Crippen LogP contribution < -0.4 is 5.73 Å². The Morgan fingerprint density at radius 1 is 1.54 bits per heavy atom. The van der Waals surface area contributed by atoms with E-state index < -0.39 is 0 Å². The zero-order valence-electron chi connectivity index (χ0n) is 7.33. The molecule has 0 spiro atoms. The maximum absolute atomic E-state index is 9.33. The van der Waals surface area contributed by atoms with Crippen LogP contribution in [0.2, 0.25) is 0 Å². The molecule has 0 fully saturated rings. The first-order chi connectivity index (χ1) is 6.07. The number of nitrogens with one attached hydrogen (secondary N) is 1. The van der Waals surface area contributed by atoms with Crippen LogP contribution in [0.1, 0.15) is 16.7 Å². The van der Waals surface area contributed by atoms with Gasteiger partial charge in [-0.2, -0.15) is 0 Å². The monoisotopic (exact) mass is 180 g/mol. The van der Waals surface area contributed by atoms with Gasteiger partial charge in [-0.15, -0.1) is 0 Å². The molecule has 1 aromatic rings. The van der Waals surface area contributed by atoms with Crippen molar-refractivity contribution in [1.82, 2.24) is 0 Å². The highest BCUT2D eigenvalue weighted by molar-refractivity contribution is 5.96. The normalized spacial score (nSPS) is 10.0. The highest BCUT2D eigenvalue weighted by Gasteiger charge is 2.09. The topological polar surface area (TPSA) is 90.3 Å². The molecule has 0 aliphatic carbocycles. The molecule has 4 nitrogen and oxygen atoms in total. The van der Waals surface area contributed by atoms with Crippen molar-refractivity contribution in [3.8, 4) is 5.75 Å². The maximum atomic E-state index is 9.33. The van der Waals surface area contributed by atoms with Gasteiger partial charge in [0.2, 0.25) is 0 Å². The molecule has 5 N–H and O–H groups in total. The van der Waals surface area contributed by atoms with Crippen LogP contribution in [0.15, 0.2) is 12.1 Å². The second-order valence-electron chi connectivity index (χ2n) is 2.81. The third-order valence-electron chi connectivity index (χ3n) is 2.02. The van der Waals surface area contributed by atoms with Gasteiger partial charge in [-0.25, -0.2) is 0 Å². The summed E-state index contributed by atoms with van der Waals surface area (Å²) in [6, 6.07) is 2.99. The van der Waals surface area contributed by atoms with E-state index in [1.54, 1.807) is 13.0 Å². The third kappa shape index (κ3) is 1.62. The highest BCUT2D eigenvalue weighted by Crippen LogP contribution is 2.23. The fourth-order valence-corrected chi connectivity index (χ4v) is 1.23. The number of rotatable bonds is 2. The van der Waals surface area contributed by atoms with Gasteiger partial charge in [-0.05, 0) is 24.6 Å². The van der Waals surface area contributed by atoms with Crippen molar-refractivity contribution in [3.63, 3.8) is 0 Å². The van der Waals surface area contributed by atoms with Crippen LogP contribution in [-0.4, -0.2) is 16.0 Å². The van der Waals surface area contributed by atoms with Crippen molar-refractivity contribution >= 4 is 5.84 Å². The molecule has 0 saturated heterocycles. The van der Waals surface area contributed by atoms with Crippen molar-refractivity contribution in [2.45, 2.75) is 13.5 Å². The Kier molecular flexibility index (Phi) is 2.53. The predicted molar refractivity (Wildman–Crippen MR) is 49.8 cm³/mol. The Labute approximate surface area is 76.1 Å². The van der Waals surface area contributed by atoms with E-state index in [0.717, 1.165) is 0 Å². The summed E-state index contributed by atoms with van der Waals surface area (Å²) in [6.07, 6.45) is 0. The number of aliphatic hydroxyl groups excluding tert-OH is 1. The lowest BCUT2D eigenvalue weighted by atomic mass is 10.0. The molecule has 13 heavy (non-hydrogen) atoms. The maximum Gasteiger partial charge on any atom is 0.123 e. The lowest BCUT2D eigenvalue weighted by Gasteiger charge is -2.09. The van der Waals surface area contributed by atoms with Crippen molar-refractivity contribution in [2.24, 2.45) is 5.73 Å². The SMILES string of the molecule is Cc1c(C(=N)N)ccc(O)c1CO. The molecule has 0 heterocycles. The van der Waals surface area contributed by atoms with Gasteiger partial charge in [0.05, 0.1) is 6.61 Å². The minimum atomic E-state index is -0.251. The minimum Gasteiger partial charge on any atom is -0.508 e. The van der Waals surface area contributed by atoms with Gasteiger partial charge in [-0.3, -0.25) is 5.41 Å². The van der Waals surface area contributed by atoms with Gasteiger partial charge in [-0.1, -0.05) is 0 Å². The average molecular weight is 180 g/mol. The number of hydrogen-bond acceptors (Lipinski definition) is 3. The number of aromatic hydroxyl groups is 1. The lowest BCUT2D eigenvalue weighted by molar-refractivity contribution is 0.274. The van der Waals surface area contributed by atoms with E-state index in [1.807, 2.05) is 0 Å². The molecule has 70 valence electrons. The number of benzene rings is 1. The van der Waals surface area contributed by atoms with Crippen LogP contribution in [-0.2, 0) is 6.61 Å². The molecule has 0 atom stereocenters. The average Bonchev–Trinajstić information content (AvgIpc) is 2.04. The Morgan fingerprint density at radius 3 is 2.62 bits per heavy atom. The third-order valence-corrected chi connectivity index (χ3v) is 2.02. The molecule has 0 bridgehead atoms. The molecule has 1 rings (SSSR count). The number of nitrogen functional groups attached to an aromatic ring is 1. The second kappa shape index (κ2) is 3.45. The Morgan fingerprint density at radius 2 is 2.15 bits per heavy atom. The smallest absolute Gasteiger partial charge is 0.123 e.